The van der Waals surface area contributed by atoms with E-state index in [1.165, 1.54) is 4.31 Å². The molecule has 4 rings (SSSR count). The van der Waals surface area contributed by atoms with Gasteiger partial charge in [-0.25, -0.2) is 8.42 Å². The quantitative estimate of drug-likeness (QED) is 0.533. The Kier molecular flexibility index (Phi) is 7.00. The molecule has 1 aliphatic heterocycles. The zero-order valence-electron chi connectivity index (χ0n) is 19.1. The lowest BCUT2D eigenvalue weighted by atomic mass is 9.97. The van der Waals surface area contributed by atoms with Crippen molar-refractivity contribution in [3.8, 4) is 5.75 Å². The molecule has 1 N–H and O–H groups in total. The summed E-state index contributed by atoms with van der Waals surface area (Å²) in [5.74, 6) is 0.634. The number of ether oxygens (including phenoxy) is 1. The summed E-state index contributed by atoms with van der Waals surface area (Å²) >= 11 is 0. The fraction of sp³-hybridized carbons (Fsp3) is 0.346. The molecule has 0 aliphatic carbocycles. The van der Waals surface area contributed by atoms with Crippen LogP contribution in [0.4, 0.5) is 0 Å². The van der Waals surface area contributed by atoms with Gasteiger partial charge in [0.05, 0.1) is 11.4 Å². The normalized spacial score (nSPS) is 15.5. The van der Waals surface area contributed by atoms with Crippen LogP contribution in [0.15, 0.2) is 65.6 Å². The first kappa shape index (κ1) is 23.3. The van der Waals surface area contributed by atoms with Crippen LogP contribution in [0.2, 0.25) is 0 Å². The number of benzene rings is 3. The molecular formula is C26H30N2O4S. The number of fused-ring (bicyclic) bond motifs is 1. The fourth-order valence-corrected chi connectivity index (χ4v) is 5.84. The monoisotopic (exact) mass is 466 g/mol. The molecule has 6 nitrogen and oxygen atoms in total. The van der Waals surface area contributed by atoms with Crippen LogP contribution in [0.5, 0.6) is 5.75 Å². The van der Waals surface area contributed by atoms with Gasteiger partial charge in [-0.3, -0.25) is 4.79 Å². The van der Waals surface area contributed by atoms with Crippen molar-refractivity contribution in [1.82, 2.24) is 9.62 Å². The van der Waals surface area contributed by atoms with Crippen molar-refractivity contribution in [1.29, 1.82) is 0 Å². The minimum atomic E-state index is -3.58. The SMILES string of the molecule is Cc1cccc(C)c1OCCNC(=O)C1CCN(S(=O)(=O)c2ccc3ccccc3c2)CC1. The third kappa shape index (κ3) is 5.20. The standard InChI is InChI=1S/C26H30N2O4S/c1-19-6-5-7-20(2)25(19)32-17-14-27-26(29)22-12-15-28(16-13-22)33(30,31)24-11-10-21-8-3-4-9-23(21)18-24/h3-11,18,22H,12-17H2,1-2H3,(H,27,29). The number of carbonyl (C=O) groups is 1. The van der Waals surface area contributed by atoms with E-state index in [9.17, 15) is 13.2 Å². The van der Waals surface area contributed by atoms with Crippen LogP contribution in [-0.2, 0) is 14.8 Å². The molecule has 1 aliphatic rings. The number of sulfonamides is 1. The van der Waals surface area contributed by atoms with Gasteiger partial charge in [-0.2, -0.15) is 4.31 Å². The lowest BCUT2D eigenvalue weighted by molar-refractivity contribution is -0.126. The Bertz CT molecular complexity index is 1230. The number of amides is 1. The van der Waals surface area contributed by atoms with E-state index < -0.39 is 10.0 Å². The number of piperidine rings is 1. The highest BCUT2D eigenvalue weighted by atomic mass is 32.2. The van der Waals surface area contributed by atoms with Crippen LogP contribution >= 0.6 is 0 Å². The van der Waals surface area contributed by atoms with Crippen LogP contribution in [0.3, 0.4) is 0 Å². The van der Waals surface area contributed by atoms with E-state index in [2.05, 4.69) is 5.32 Å². The maximum Gasteiger partial charge on any atom is 0.243 e. The molecule has 0 atom stereocenters. The molecule has 0 aromatic heterocycles. The number of hydrogen-bond donors (Lipinski definition) is 1. The Morgan fingerprint density at radius 2 is 1.64 bits per heavy atom. The molecule has 1 heterocycles. The largest absolute Gasteiger partial charge is 0.491 e. The summed E-state index contributed by atoms with van der Waals surface area (Å²) in [6.45, 7) is 5.49. The van der Waals surface area contributed by atoms with Crippen molar-refractivity contribution < 1.29 is 17.9 Å². The number of nitrogens with one attached hydrogen (secondary N) is 1. The topological polar surface area (TPSA) is 75.7 Å². The Morgan fingerprint density at radius 1 is 0.970 bits per heavy atom. The van der Waals surface area contributed by atoms with Gasteiger partial charge in [-0.05, 0) is 60.7 Å². The second-order valence-corrected chi connectivity index (χ2v) is 10.5. The summed E-state index contributed by atoms with van der Waals surface area (Å²) < 4.78 is 33.6. The van der Waals surface area contributed by atoms with Gasteiger partial charge in [0.1, 0.15) is 12.4 Å². The molecule has 1 fully saturated rings. The van der Waals surface area contributed by atoms with Crippen molar-refractivity contribution in [2.75, 3.05) is 26.2 Å². The van der Waals surface area contributed by atoms with E-state index in [1.807, 2.05) is 62.4 Å². The highest BCUT2D eigenvalue weighted by Gasteiger charge is 2.32. The third-order valence-electron chi connectivity index (χ3n) is 6.24. The predicted molar refractivity (Wildman–Crippen MR) is 130 cm³/mol. The number of nitrogens with zero attached hydrogens (tertiary/aromatic N) is 1. The molecule has 7 heteroatoms. The van der Waals surface area contributed by atoms with Crippen molar-refractivity contribution in [3.05, 3.63) is 71.8 Å². The van der Waals surface area contributed by atoms with Gasteiger partial charge in [-0.1, -0.05) is 48.5 Å². The third-order valence-corrected chi connectivity index (χ3v) is 8.13. The Labute approximate surface area is 195 Å². The van der Waals surface area contributed by atoms with E-state index in [1.54, 1.807) is 12.1 Å². The van der Waals surface area contributed by atoms with Crippen LogP contribution in [0, 0.1) is 19.8 Å². The van der Waals surface area contributed by atoms with Crippen molar-refractivity contribution >= 4 is 26.7 Å². The fourth-order valence-electron chi connectivity index (χ4n) is 4.33. The first-order chi connectivity index (χ1) is 15.9. The van der Waals surface area contributed by atoms with Gasteiger partial charge < -0.3 is 10.1 Å². The van der Waals surface area contributed by atoms with Crippen molar-refractivity contribution in [2.24, 2.45) is 5.92 Å². The average Bonchev–Trinajstić information content (AvgIpc) is 2.83. The minimum Gasteiger partial charge on any atom is -0.491 e. The maximum absolute atomic E-state index is 13.1. The van der Waals surface area contributed by atoms with Gasteiger partial charge in [0, 0.05) is 19.0 Å². The van der Waals surface area contributed by atoms with Crippen molar-refractivity contribution in [3.63, 3.8) is 0 Å². The van der Waals surface area contributed by atoms with E-state index in [0.29, 0.717) is 44.0 Å². The first-order valence-corrected chi connectivity index (χ1v) is 12.8. The molecule has 174 valence electrons. The van der Waals surface area contributed by atoms with Crippen LogP contribution in [0.25, 0.3) is 10.8 Å². The molecule has 0 radical (unpaired) electrons. The smallest absolute Gasteiger partial charge is 0.243 e. The summed E-state index contributed by atoms with van der Waals surface area (Å²) in [7, 11) is -3.58. The zero-order chi connectivity index (χ0) is 23.4. The van der Waals surface area contributed by atoms with E-state index in [4.69, 9.17) is 4.74 Å². The van der Waals surface area contributed by atoms with Crippen molar-refractivity contribution in [2.45, 2.75) is 31.6 Å². The Balaban J connectivity index is 1.28. The molecular weight excluding hydrogens is 436 g/mol. The molecule has 0 saturated carbocycles. The summed E-state index contributed by atoms with van der Waals surface area (Å²) in [4.78, 5) is 12.9. The second-order valence-electron chi connectivity index (χ2n) is 8.55. The molecule has 3 aromatic rings. The van der Waals surface area contributed by atoms with Gasteiger partial charge >= 0.3 is 0 Å². The van der Waals surface area contributed by atoms with Crippen LogP contribution in [0.1, 0.15) is 24.0 Å². The molecule has 3 aromatic carbocycles. The molecule has 0 unspecified atom stereocenters. The van der Waals surface area contributed by atoms with Gasteiger partial charge in [-0.15, -0.1) is 0 Å². The number of para-hydroxylation sites is 1. The van der Waals surface area contributed by atoms with Gasteiger partial charge in [0.15, 0.2) is 0 Å². The molecule has 0 spiro atoms. The van der Waals surface area contributed by atoms with E-state index >= 15 is 0 Å². The molecule has 1 saturated heterocycles. The molecule has 1 amide bonds. The summed E-state index contributed by atoms with van der Waals surface area (Å²) in [6, 6.07) is 18.9. The summed E-state index contributed by atoms with van der Waals surface area (Å²) in [6.07, 6.45) is 1.02. The lowest BCUT2D eigenvalue weighted by Crippen LogP contribution is -2.43. The predicted octanol–water partition coefficient (Wildman–Crippen LogP) is 4.05. The summed E-state index contributed by atoms with van der Waals surface area (Å²) in [5.41, 5.74) is 2.14. The Morgan fingerprint density at radius 3 is 2.33 bits per heavy atom. The zero-order valence-corrected chi connectivity index (χ0v) is 19.9. The first-order valence-electron chi connectivity index (χ1n) is 11.3. The number of aryl methyl sites for hydroxylation is 2. The minimum absolute atomic E-state index is 0.0390. The maximum atomic E-state index is 13.1. The lowest BCUT2D eigenvalue weighted by Gasteiger charge is -2.30. The van der Waals surface area contributed by atoms with Gasteiger partial charge in [0.2, 0.25) is 15.9 Å². The van der Waals surface area contributed by atoms with Crippen LogP contribution in [-0.4, -0.2) is 44.9 Å². The highest BCUT2D eigenvalue weighted by Crippen LogP contribution is 2.26. The Hall–Kier alpha value is -2.90. The van der Waals surface area contributed by atoms with Crippen LogP contribution < -0.4 is 10.1 Å². The molecule has 0 bridgehead atoms. The number of carbonyl (C=O) groups excluding carboxylic acids is 1. The average molecular weight is 467 g/mol. The second kappa shape index (κ2) is 9.93. The van der Waals surface area contributed by atoms with Gasteiger partial charge in [0.25, 0.3) is 0 Å². The molecule has 33 heavy (non-hydrogen) atoms. The van der Waals surface area contributed by atoms with E-state index in [-0.39, 0.29) is 11.8 Å². The summed E-state index contributed by atoms with van der Waals surface area (Å²) in [5, 5.41) is 4.84. The number of hydrogen-bond acceptors (Lipinski definition) is 4. The number of rotatable bonds is 7. The highest BCUT2D eigenvalue weighted by molar-refractivity contribution is 7.89. The van der Waals surface area contributed by atoms with E-state index in [0.717, 1.165) is 27.6 Å².